The summed E-state index contributed by atoms with van der Waals surface area (Å²) in [4.78, 5) is 23.6. The SMILES string of the molecule is CCc1nc(C)ccc1OCC(=O)N1CCC[C@@H](c2nccn2CC)C1. The number of hydrogen-bond acceptors (Lipinski definition) is 4. The average molecular weight is 356 g/mol. The standard InChI is InChI=1S/C20H28N4O2/c1-4-17-18(9-8-15(3)22-17)26-14-19(25)24-11-6-7-16(13-24)20-21-10-12-23(20)5-2/h8-10,12,16H,4-7,11,13-14H2,1-3H3/t16-/m1/s1. The van der Waals surface area contributed by atoms with Crippen molar-refractivity contribution in [2.24, 2.45) is 0 Å². The van der Waals surface area contributed by atoms with E-state index >= 15 is 0 Å². The van der Waals surface area contributed by atoms with E-state index in [2.05, 4.69) is 21.5 Å². The summed E-state index contributed by atoms with van der Waals surface area (Å²) >= 11 is 0. The molecule has 6 heteroatoms. The molecule has 3 rings (SSSR count). The summed E-state index contributed by atoms with van der Waals surface area (Å²) in [6.45, 7) is 8.59. The Morgan fingerprint density at radius 1 is 1.35 bits per heavy atom. The Hall–Kier alpha value is -2.37. The molecule has 26 heavy (non-hydrogen) atoms. The highest BCUT2D eigenvalue weighted by molar-refractivity contribution is 5.78. The van der Waals surface area contributed by atoms with E-state index in [9.17, 15) is 4.79 Å². The first-order valence-corrected chi connectivity index (χ1v) is 9.50. The largest absolute Gasteiger partial charge is 0.482 e. The van der Waals surface area contributed by atoms with Crippen LogP contribution in [0, 0.1) is 6.92 Å². The maximum absolute atomic E-state index is 12.7. The third-order valence-electron chi connectivity index (χ3n) is 4.99. The lowest BCUT2D eigenvalue weighted by Gasteiger charge is -2.32. The van der Waals surface area contributed by atoms with Gasteiger partial charge in [-0.05, 0) is 45.2 Å². The second kappa shape index (κ2) is 8.34. The zero-order valence-electron chi connectivity index (χ0n) is 15.9. The van der Waals surface area contributed by atoms with Gasteiger partial charge in [-0.25, -0.2) is 4.98 Å². The van der Waals surface area contributed by atoms with Gasteiger partial charge >= 0.3 is 0 Å². The van der Waals surface area contributed by atoms with Gasteiger partial charge in [0.15, 0.2) is 6.61 Å². The van der Waals surface area contributed by atoms with Crippen LogP contribution in [-0.4, -0.2) is 45.0 Å². The highest BCUT2D eigenvalue weighted by Crippen LogP contribution is 2.26. The van der Waals surface area contributed by atoms with E-state index < -0.39 is 0 Å². The molecule has 1 amide bonds. The Kier molecular flexibility index (Phi) is 5.91. The van der Waals surface area contributed by atoms with Gasteiger partial charge in [0, 0.05) is 43.6 Å². The Morgan fingerprint density at radius 2 is 2.19 bits per heavy atom. The van der Waals surface area contributed by atoms with E-state index in [1.807, 2.05) is 43.3 Å². The zero-order valence-corrected chi connectivity index (χ0v) is 15.9. The van der Waals surface area contributed by atoms with E-state index in [1.165, 1.54) is 0 Å². The molecule has 0 N–H and O–H groups in total. The lowest BCUT2D eigenvalue weighted by atomic mass is 9.97. The van der Waals surface area contributed by atoms with E-state index in [0.717, 1.165) is 49.6 Å². The van der Waals surface area contributed by atoms with Crippen LogP contribution in [-0.2, 0) is 17.8 Å². The summed E-state index contributed by atoms with van der Waals surface area (Å²) in [5, 5.41) is 0. The van der Waals surface area contributed by atoms with Crippen LogP contribution in [0.3, 0.4) is 0 Å². The lowest BCUT2D eigenvalue weighted by molar-refractivity contribution is -0.134. The molecule has 2 aromatic heterocycles. The first-order chi connectivity index (χ1) is 12.6. The van der Waals surface area contributed by atoms with Gasteiger partial charge in [0.1, 0.15) is 11.6 Å². The monoisotopic (exact) mass is 356 g/mol. The molecule has 0 spiro atoms. The number of hydrogen-bond donors (Lipinski definition) is 0. The van der Waals surface area contributed by atoms with Crippen LogP contribution in [0.25, 0.3) is 0 Å². The van der Waals surface area contributed by atoms with Gasteiger partial charge in [0.25, 0.3) is 5.91 Å². The van der Waals surface area contributed by atoms with Crippen molar-refractivity contribution in [3.05, 3.63) is 41.7 Å². The number of imidazole rings is 1. The Bertz CT molecular complexity index is 756. The zero-order chi connectivity index (χ0) is 18.5. The fourth-order valence-corrected chi connectivity index (χ4v) is 3.58. The molecule has 1 atom stereocenters. The first-order valence-electron chi connectivity index (χ1n) is 9.50. The van der Waals surface area contributed by atoms with Gasteiger partial charge in [-0.15, -0.1) is 0 Å². The fraction of sp³-hybridized carbons (Fsp3) is 0.550. The maximum Gasteiger partial charge on any atom is 0.260 e. The summed E-state index contributed by atoms with van der Waals surface area (Å²) in [6, 6.07) is 3.83. The van der Waals surface area contributed by atoms with Crippen LogP contribution in [0.4, 0.5) is 0 Å². The summed E-state index contributed by atoms with van der Waals surface area (Å²) in [5.74, 6) is 2.13. The third-order valence-corrected chi connectivity index (χ3v) is 4.99. The highest BCUT2D eigenvalue weighted by Gasteiger charge is 2.27. The van der Waals surface area contributed by atoms with Gasteiger partial charge in [0.05, 0.1) is 5.69 Å². The smallest absolute Gasteiger partial charge is 0.260 e. The fourth-order valence-electron chi connectivity index (χ4n) is 3.58. The van der Waals surface area contributed by atoms with Gasteiger partial charge in [0.2, 0.25) is 0 Å². The summed E-state index contributed by atoms with van der Waals surface area (Å²) in [7, 11) is 0. The molecule has 0 aromatic carbocycles. The van der Waals surface area contributed by atoms with Crippen LogP contribution >= 0.6 is 0 Å². The number of rotatable bonds is 6. The van der Waals surface area contributed by atoms with E-state index in [0.29, 0.717) is 18.2 Å². The number of carbonyl (C=O) groups excluding carboxylic acids is 1. The third kappa shape index (κ3) is 4.06. The van der Waals surface area contributed by atoms with Crippen LogP contribution in [0.2, 0.25) is 0 Å². The van der Waals surface area contributed by atoms with Crippen molar-refractivity contribution in [3.63, 3.8) is 0 Å². The molecule has 2 aromatic rings. The van der Waals surface area contributed by atoms with Crippen LogP contribution in [0.5, 0.6) is 5.75 Å². The number of likely N-dealkylation sites (tertiary alicyclic amines) is 1. The predicted molar refractivity (Wildman–Crippen MR) is 100 cm³/mol. The highest BCUT2D eigenvalue weighted by atomic mass is 16.5. The quantitative estimate of drug-likeness (QED) is 0.798. The van der Waals surface area contributed by atoms with Crippen molar-refractivity contribution in [2.45, 2.75) is 52.5 Å². The minimum Gasteiger partial charge on any atom is -0.482 e. The van der Waals surface area contributed by atoms with Gasteiger partial charge < -0.3 is 14.2 Å². The number of aryl methyl sites for hydroxylation is 3. The summed E-state index contributed by atoms with van der Waals surface area (Å²) in [6.07, 6.45) is 6.72. The summed E-state index contributed by atoms with van der Waals surface area (Å²) < 4.78 is 7.96. The minimum atomic E-state index is 0.0342. The Morgan fingerprint density at radius 3 is 2.96 bits per heavy atom. The van der Waals surface area contributed by atoms with Crippen LogP contribution in [0.15, 0.2) is 24.5 Å². The van der Waals surface area contributed by atoms with E-state index in [1.54, 1.807) is 0 Å². The van der Waals surface area contributed by atoms with Crippen molar-refractivity contribution in [1.82, 2.24) is 19.4 Å². The average Bonchev–Trinajstić information content (AvgIpc) is 3.15. The number of carbonyl (C=O) groups is 1. The van der Waals surface area contributed by atoms with Crippen molar-refractivity contribution < 1.29 is 9.53 Å². The first kappa shape index (κ1) is 18.4. The molecule has 1 aliphatic heterocycles. The van der Waals surface area contributed by atoms with Crippen LogP contribution in [0.1, 0.15) is 49.8 Å². The second-order valence-corrected chi connectivity index (χ2v) is 6.79. The second-order valence-electron chi connectivity index (χ2n) is 6.79. The molecule has 0 radical (unpaired) electrons. The molecule has 3 heterocycles. The van der Waals surface area contributed by atoms with E-state index in [-0.39, 0.29) is 12.5 Å². The molecular formula is C20H28N4O2. The normalized spacial score (nSPS) is 17.3. The molecule has 1 aliphatic rings. The molecule has 0 aliphatic carbocycles. The van der Waals surface area contributed by atoms with Crippen molar-refractivity contribution >= 4 is 5.91 Å². The number of nitrogens with zero attached hydrogens (tertiary/aromatic N) is 4. The van der Waals surface area contributed by atoms with Crippen LogP contribution < -0.4 is 4.74 Å². The number of aromatic nitrogens is 3. The minimum absolute atomic E-state index is 0.0342. The van der Waals surface area contributed by atoms with Crippen molar-refractivity contribution in [3.8, 4) is 5.75 Å². The number of amides is 1. The number of ether oxygens (including phenoxy) is 1. The number of piperidine rings is 1. The van der Waals surface area contributed by atoms with Crippen molar-refractivity contribution in [1.29, 1.82) is 0 Å². The molecule has 1 saturated heterocycles. The molecule has 0 saturated carbocycles. The molecule has 0 bridgehead atoms. The topological polar surface area (TPSA) is 60.2 Å². The van der Waals surface area contributed by atoms with Gasteiger partial charge in [-0.2, -0.15) is 0 Å². The van der Waals surface area contributed by atoms with Gasteiger partial charge in [-0.1, -0.05) is 6.92 Å². The van der Waals surface area contributed by atoms with Crippen molar-refractivity contribution in [2.75, 3.05) is 19.7 Å². The summed E-state index contributed by atoms with van der Waals surface area (Å²) in [5.41, 5.74) is 1.87. The Balaban J connectivity index is 1.61. The predicted octanol–water partition coefficient (Wildman–Crippen LogP) is 2.95. The molecule has 6 nitrogen and oxygen atoms in total. The molecular weight excluding hydrogens is 328 g/mol. The van der Waals surface area contributed by atoms with Gasteiger partial charge in [-0.3, -0.25) is 9.78 Å². The maximum atomic E-state index is 12.7. The Labute approximate surface area is 155 Å². The number of pyridine rings is 1. The lowest BCUT2D eigenvalue weighted by Crippen LogP contribution is -2.42. The molecule has 1 fully saturated rings. The molecule has 140 valence electrons. The molecule has 0 unspecified atom stereocenters. The van der Waals surface area contributed by atoms with E-state index in [4.69, 9.17) is 4.74 Å².